The van der Waals surface area contributed by atoms with Gasteiger partial charge in [0.25, 0.3) is 0 Å². The van der Waals surface area contributed by atoms with Crippen LogP contribution in [-0.2, 0) is 16.0 Å². The number of aryl methyl sites for hydroxylation is 1. The number of benzene rings is 1. The number of carbonyl (C=O) groups is 1. The molecule has 0 saturated carbocycles. The molecule has 0 N–H and O–H groups in total. The molecule has 0 atom stereocenters. The Morgan fingerprint density at radius 1 is 1.33 bits per heavy atom. The molecule has 0 fully saturated rings. The Morgan fingerprint density at radius 2 is 2.10 bits per heavy atom. The fourth-order valence-corrected chi connectivity index (χ4v) is 3.25. The van der Waals surface area contributed by atoms with Gasteiger partial charge in [0.2, 0.25) is 5.13 Å². The molecule has 2 aromatic heterocycles. The second-order valence-electron chi connectivity index (χ2n) is 4.78. The summed E-state index contributed by atoms with van der Waals surface area (Å²) in [5, 5.41) is 5.33. The van der Waals surface area contributed by atoms with Gasteiger partial charge in [-0.3, -0.25) is 4.79 Å². The van der Waals surface area contributed by atoms with Gasteiger partial charge in [-0.1, -0.05) is 23.5 Å². The van der Waals surface area contributed by atoms with Crippen molar-refractivity contribution in [3.63, 3.8) is 0 Å². The highest BCUT2D eigenvalue weighted by molar-refractivity contribution is 7.20. The molecular formula is C15H15N3O2S. The predicted molar refractivity (Wildman–Crippen MR) is 81.9 cm³/mol. The van der Waals surface area contributed by atoms with Gasteiger partial charge in [-0.2, -0.15) is 5.10 Å². The molecular weight excluding hydrogens is 286 g/mol. The average Bonchev–Trinajstić information content (AvgIpc) is 3.02. The second kappa shape index (κ2) is 5.29. The summed E-state index contributed by atoms with van der Waals surface area (Å²) in [4.78, 5) is 16.1. The van der Waals surface area contributed by atoms with E-state index in [0.29, 0.717) is 0 Å². The zero-order valence-electron chi connectivity index (χ0n) is 12.1. The summed E-state index contributed by atoms with van der Waals surface area (Å²) >= 11 is 1.58. The number of ether oxygens (including phenoxy) is 1. The number of methoxy groups -OCH3 is 1. The smallest absolute Gasteiger partial charge is 0.310 e. The van der Waals surface area contributed by atoms with E-state index in [-0.39, 0.29) is 12.4 Å². The standard InChI is InChI=1S/C15H15N3O2S/c1-9-11(8-14(19)20-3)10(2)18(17-9)15-16-12-6-4-5-7-13(12)21-15/h4-7H,8H2,1-3H3. The second-order valence-corrected chi connectivity index (χ2v) is 5.79. The molecule has 0 saturated heterocycles. The Kier molecular flexibility index (Phi) is 3.47. The Bertz CT molecular complexity index is 787. The maximum Gasteiger partial charge on any atom is 0.310 e. The molecule has 1 aromatic carbocycles. The van der Waals surface area contributed by atoms with Crippen molar-refractivity contribution in [2.45, 2.75) is 20.3 Å². The number of rotatable bonds is 3. The van der Waals surface area contributed by atoms with Crippen LogP contribution in [0.15, 0.2) is 24.3 Å². The number of carbonyl (C=O) groups excluding carboxylic acids is 1. The van der Waals surface area contributed by atoms with Crippen molar-refractivity contribution in [3.8, 4) is 5.13 Å². The van der Waals surface area contributed by atoms with Crippen LogP contribution in [0.3, 0.4) is 0 Å². The minimum absolute atomic E-state index is 0.235. The largest absolute Gasteiger partial charge is 0.469 e. The zero-order chi connectivity index (χ0) is 15.0. The SMILES string of the molecule is COC(=O)Cc1c(C)nn(-c2nc3ccccc3s2)c1C. The van der Waals surface area contributed by atoms with E-state index in [1.807, 2.05) is 38.1 Å². The Balaban J connectivity index is 2.06. The van der Waals surface area contributed by atoms with Crippen molar-refractivity contribution in [1.82, 2.24) is 14.8 Å². The maximum absolute atomic E-state index is 11.5. The number of fused-ring (bicyclic) bond motifs is 1. The van der Waals surface area contributed by atoms with Crippen molar-refractivity contribution in [2.75, 3.05) is 7.11 Å². The van der Waals surface area contributed by atoms with Crippen LogP contribution in [0.5, 0.6) is 0 Å². The number of hydrogen-bond donors (Lipinski definition) is 0. The van der Waals surface area contributed by atoms with Crippen LogP contribution in [-0.4, -0.2) is 27.8 Å². The van der Waals surface area contributed by atoms with E-state index in [9.17, 15) is 4.79 Å². The van der Waals surface area contributed by atoms with Crippen LogP contribution in [0.4, 0.5) is 0 Å². The molecule has 3 rings (SSSR count). The molecule has 6 heteroatoms. The van der Waals surface area contributed by atoms with E-state index in [1.54, 1.807) is 16.0 Å². The third-order valence-electron chi connectivity index (χ3n) is 3.45. The summed E-state index contributed by atoms with van der Waals surface area (Å²) in [6, 6.07) is 7.98. The molecule has 0 bridgehead atoms. The lowest BCUT2D eigenvalue weighted by Gasteiger charge is -2.01. The number of hydrogen-bond acceptors (Lipinski definition) is 5. The minimum atomic E-state index is -0.259. The van der Waals surface area contributed by atoms with Crippen LogP contribution < -0.4 is 0 Å². The molecule has 5 nitrogen and oxygen atoms in total. The first kappa shape index (κ1) is 13.8. The maximum atomic E-state index is 11.5. The first-order valence-corrected chi connectivity index (χ1v) is 7.39. The molecule has 0 aliphatic heterocycles. The lowest BCUT2D eigenvalue weighted by atomic mass is 10.1. The van der Waals surface area contributed by atoms with Crippen LogP contribution in [0.25, 0.3) is 15.3 Å². The van der Waals surface area contributed by atoms with E-state index in [2.05, 4.69) is 10.1 Å². The quantitative estimate of drug-likeness (QED) is 0.698. The number of thiazole rings is 1. The van der Waals surface area contributed by atoms with Gasteiger partial charge in [0.15, 0.2) is 0 Å². The molecule has 0 amide bonds. The fourth-order valence-electron chi connectivity index (χ4n) is 2.28. The Labute approximate surface area is 126 Å². The monoisotopic (exact) mass is 301 g/mol. The van der Waals surface area contributed by atoms with Crippen molar-refractivity contribution in [1.29, 1.82) is 0 Å². The Hall–Kier alpha value is -2.21. The van der Waals surface area contributed by atoms with Gasteiger partial charge in [0, 0.05) is 11.3 Å². The molecule has 0 radical (unpaired) electrons. The minimum Gasteiger partial charge on any atom is -0.469 e. The molecule has 0 aliphatic rings. The molecule has 0 aliphatic carbocycles. The summed E-state index contributed by atoms with van der Waals surface area (Å²) in [6.45, 7) is 3.85. The average molecular weight is 301 g/mol. The molecule has 3 aromatic rings. The van der Waals surface area contributed by atoms with Crippen molar-refractivity contribution < 1.29 is 9.53 Å². The third kappa shape index (κ3) is 2.42. The first-order chi connectivity index (χ1) is 10.1. The van der Waals surface area contributed by atoms with E-state index in [1.165, 1.54) is 7.11 Å². The predicted octanol–water partition coefficient (Wildman–Crippen LogP) is 2.81. The summed E-state index contributed by atoms with van der Waals surface area (Å²) in [7, 11) is 1.39. The molecule has 0 spiro atoms. The highest BCUT2D eigenvalue weighted by Gasteiger charge is 2.18. The van der Waals surface area contributed by atoms with Crippen molar-refractivity contribution >= 4 is 27.5 Å². The van der Waals surface area contributed by atoms with Gasteiger partial charge in [-0.25, -0.2) is 9.67 Å². The summed E-state index contributed by atoms with van der Waals surface area (Å²) in [5.74, 6) is -0.259. The fraction of sp³-hybridized carbons (Fsp3) is 0.267. The van der Waals surface area contributed by atoms with Crippen LogP contribution in [0.1, 0.15) is 17.0 Å². The molecule has 2 heterocycles. The molecule has 21 heavy (non-hydrogen) atoms. The van der Waals surface area contributed by atoms with Gasteiger partial charge >= 0.3 is 5.97 Å². The molecule has 108 valence electrons. The van der Waals surface area contributed by atoms with Crippen LogP contribution >= 0.6 is 11.3 Å². The van der Waals surface area contributed by atoms with Gasteiger partial charge in [0.05, 0.1) is 29.4 Å². The topological polar surface area (TPSA) is 57.0 Å². The summed E-state index contributed by atoms with van der Waals surface area (Å²) in [5.41, 5.74) is 3.62. The highest BCUT2D eigenvalue weighted by Crippen LogP contribution is 2.26. The van der Waals surface area contributed by atoms with E-state index >= 15 is 0 Å². The van der Waals surface area contributed by atoms with Gasteiger partial charge < -0.3 is 4.74 Å². The van der Waals surface area contributed by atoms with Crippen LogP contribution in [0, 0.1) is 13.8 Å². The van der Waals surface area contributed by atoms with Gasteiger partial charge in [0.1, 0.15) is 0 Å². The number of nitrogens with zero attached hydrogens (tertiary/aromatic N) is 3. The number of esters is 1. The van der Waals surface area contributed by atoms with Crippen LogP contribution in [0.2, 0.25) is 0 Å². The first-order valence-electron chi connectivity index (χ1n) is 6.58. The Morgan fingerprint density at radius 3 is 2.81 bits per heavy atom. The molecule has 0 unspecified atom stereocenters. The van der Waals surface area contributed by atoms with E-state index in [4.69, 9.17) is 4.74 Å². The van der Waals surface area contributed by atoms with Gasteiger partial charge in [-0.05, 0) is 26.0 Å². The van der Waals surface area contributed by atoms with E-state index < -0.39 is 0 Å². The third-order valence-corrected chi connectivity index (χ3v) is 4.47. The lowest BCUT2D eigenvalue weighted by molar-refractivity contribution is -0.139. The summed E-state index contributed by atoms with van der Waals surface area (Å²) < 4.78 is 7.66. The summed E-state index contributed by atoms with van der Waals surface area (Å²) in [6.07, 6.45) is 0.235. The van der Waals surface area contributed by atoms with Gasteiger partial charge in [-0.15, -0.1) is 0 Å². The van der Waals surface area contributed by atoms with Crippen molar-refractivity contribution in [3.05, 3.63) is 41.2 Å². The number of para-hydroxylation sites is 1. The number of aromatic nitrogens is 3. The van der Waals surface area contributed by atoms with E-state index in [0.717, 1.165) is 32.3 Å². The van der Waals surface area contributed by atoms with Crippen molar-refractivity contribution in [2.24, 2.45) is 0 Å². The normalized spacial score (nSPS) is 11.0. The zero-order valence-corrected chi connectivity index (χ0v) is 12.9. The highest BCUT2D eigenvalue weighted by atomic mass is 32.1. The lowest BCUT2D eigenvalue weighted by Crippen LogP contribution is -2.06.